The molecule has 0 aliphatic carbocycles. The molecule has 0 atom stereocenters. The van der Waals surface area contributed by atoms with E-state index in [4.69, 9.17) is 0 Å². The van der Waals surface area contributed by atoms with Gasteiger partial charge in [-0.3, -0.25) is 0 Å². The van der Waals surface area contributed by atoms with E-state index in [-0.39, 0.29) is 0 Å². The predicted molar refractivity (Wildman–Crippen MR) is 268 cm³/mol. The molecule has 0 fully saturated rings. The molecule has 0 unspecified atom stereocenters. The molecular weight excluding hydrogens is 735 g/mol. The van der Waals surface area contributed by atoms with E-state index in [0.717, 1.165) is 17.8 Å². The van der Waals surface area contributed by atoms with E-state index in [0.29, 0.717) is 0 Å². The summed E-state index contributed by atoms with van der Waals surface area (Å²) in [4.78, 5) is 2.39. The third-order valence-corrected chi connectivity index (χ3v) is 11.5. The molecule has 1 heteroatoms. The van der Waals surface area contributed by atoms with Gasteiger partial charge in [0.05, 0.1) is 5.69 Å². The molecule has 298 valence electrons. The van der Waals surface area contributed by atoms with Crippen molar-refractivity contribution in [3.8, 4) is 11.1 Å². The smallest absolute Gasteiger partial charge is 0.0536 e. The van der Waals surface area contributed by atoms with Crippen molar-refractivity contribution in [1.29, 1.82) is 0 Å². The molecule has 0 aromatic heterocycles. The number of rotatable bonds is 6. The number of benzene rings is 10. The first-order valence-electron chi connectivity index (χ1n) is 21.4. The first-order chi connectivity index (χ1) is 29.9. The quantitative estimate of drug-likeness (QED) is 0.152. The van der Waals surface area contributed by atoms with Gasteiger partial charge in [-0.2, -0.15) is 0 Å². The number of allylic oxidation sites excluding steroid dienone is 1. The summed E-state index contributed by atoms with van der Waals surface area (Å²) in [6, 6.07) is 74.1. The van der Waals surface area contributed by atoms with Gasteiger partial charge in [-0.15, -0.1) is 0 Å². The highest BCUT2D eigenvalue weighted by Gasteiger charge is 2.18. The number of para-hydroxylation sites is 1. The fourth-order valence-electron chi connectivity index (χ4n) is 8.46. The zero-order chi connectivity index (χ0) is 42.1. The van der Waals surface area contributed by atoms with Crippen LogP contribution in [0.15, 0.2) is 212 Å². The predicted octanol–water partition coefficient (Wildman–Crippen LogP) is 17.3. The van der Waals surface area contributed by atoms with E-state index in [1.165, 1.54) is 87.7 Å². The Hall–Kier alpha value is -7.22. The highest BCUT2D eigenvalue weighted by molar-refractivity contribution is 6.25. The van der Waals surface area contributed by atoms with Crippen molar-refractivity contribution < 1.29 is 0 Å². The Kier molecular flexibility index (Phi) is 12.5. The lowest BCUT2D eigenvalue weighted by molar-refractivity contribution is 1.12. The van der Waals surface area contributed by atoms with E-state index in [1.807, 2.05) is 18.2 Å². The van der Waals surface area contributed by atoms with Crippen LogP contribution in [0.1, 0.15) is 41.7 Å². The summed E-state index contributed by atoms with van der Waals surface area (Å²) in [5, 5.41) is 10.5. The van der Waals surface area contributed by atoms with Gasteiger partial charge >= 0.3 is 0 Å². The van der Waals surface area contributed by atoms with Gasteiger partial charge in [0.15, 0.2) is 0 Å². The van der Waals surface area contributed by atoms with E-state index >= 15 is 0 Å². The fourth-order valence-corrected chi connectivity index (χ4v) is 8.46. The molecule has 0 radical (unpaired) electrons. The van der Waals surface area contributed by atoms with E-state index < -0.39 is 0 Å². The Morgan fingerprint density at radius 1 is 0.410 bits per heavy atom. The molecule has 61 heavy (non-hydrogen) atoms. The standard InChI is InChI=1S/C42H35N.C11H10.C7H8/c1-4-13-35-30(5-2)14-12-21-42(35)43(33-16-7-6-8-17-33)34-18-11-15-31(27-34)32-23-25-39-38-24-22-29(3)26-40(38)36-19-9-10-20-37(36)41(39)28-32;1-9-5-4-7-10-6-2-3-8-11(9)10;1-7-5-3-2-4-6-7/h4,6-28H,5H2,1-3H3;2-8H,1H3;2-6H,1H3/b13-4-;;. The summed E-state index contributed by atoms with van der Waals surface area (Å²) in [5.74, 6) is 0. The number of anilines is 3. The van der Waals surface area contributed by atoms with Crippen LogP contribution in [0.3, 0.4) is 0 Å². The molecule has 0 aliphatic heterocycles. The van der Waals surface area contributed by atoms with Crippen molar-refractivity contribution in [2.45, 2.75) is 41.0 Å². The zero-order valence-corrected chi connectivity index (χ0v) is 35.9. The summed E-state index contributed by atoms with van der Waals surface area (Å²) in [7, 11) is 0. The minimum absolute atomic E-state index is 0.982. The molecule has 0 N–H and O–H groups in total. The summed E-state index contributed by atoms with van der Waals surface area (Å²) in [5.41, 5.74) is 12.5. The minimum Gasteiger partial charge on any atom is -0.310 e. The maximum atomic E-state index is 2.39. The number of nitrogens with zero attached hydrogens (tertiary/aromatic N) is 1. The van der Waals surface area contributed by atoms with Gasteiger partial charge in [0, 0.05) is 16.9 Å². The molecule has 0 saturated carbocycles. The topological polar surface area (TPSA) is 3.24 Å². The number of fused-ring (bicyclic) bond motifs is 7. The summed E-state index contributed by atoms with van der Waals surface area (Å²) in [6.45, 7) is 10.7. The van der Waals surface area contributed by atoms with Crippen LogP contribution in [0.2, 0.25) is 0 Å². The molecule has 0 amide bonds. The molecule has 1 nitrogen and oxygen atoms in total. The highest BCUT2D eigenvalue weighted by atomic mass is 15.1. The van der Waals surface area contributed by atoms with Crippen LogP contribution in [-0.2, 0) is 6.42 Å². The van der Waals surface area contributed by atoms with Crippen LogP contribution in [-0.4, -0.2) is 0 Å². The SMILES string of the molecule is C/C=C\c1c(CC)cccc1N(c1ccccc1)c1cccc(-c2ccc3c4ccc(C)cc4c4ccccc4c3c2)c1.Cc1cccc2ccccc12.Cc1ccccc1. The van der Waals surface area contributed by atoms with Crippen LogP contribution in [0.5, 0.6) is 0 Å². The average molecular weight is 788 g/mol. The molecule has 0 aliphatic rings. The second kappa shape index (κ2) is 18.8. The zero-order valence-electron chi connectivity index (χ0n) is 35.9. The van der Waals surface area contributed by atoms with Gasteiger partial charge in [0.1, 0.15) is 0 Å². The molecule has 0 saturated heterocycles. The normalized spacial score (nSPS) is 11.0. The molecule has 10 rings (SSSR count). The first-order valence-corrected chi connectivity index (χ1v) is 21.4. The fraction of sp³-hybridized carbons (Fsp3) is 0.100. The van der Waals surface area contributed by atoms with Gasteiger partial charge in [-0.25, -0.2) is 0 Å². The minimum atomic E-state index is 0.982. The maximum absolute atomic E-state index is 2.39. The second-order valence-electron chi connectivity index (χ2n) is 15.7. The van der Waals surface area contributed by atoms with Crippen LogP contribution < -0.4 is 4.90 Å². The lowest BCUT2D eigenvalue weighted by Gasteiger charge is -2.28. The van der Waals surface area contributed by atoms with Crippen molar-refractivity contribution in [3.05, 3.63) is 240 Å². The van der Waals surface area contributed by atoms with Crippen LogP contribution in [0.4, 0.5) is 17.1 Å². The molecule has 0 bridgehead atoms. The Balaban J connectivity index is 0.000000234. The second-order valence-corrected chi connectivity index (χ2v) is 15.7. The maximum Gasteiger partial charge on any atom is 0.0536 e. The van der Waals surface area contributed by atoms with Gasteiger partial charge in [0.2, 0.25) is 0 Å². The Morgan fingerprint density at radius 2 is 0.967 bits per heavy atom. The summed E-state index contributed by atoms with van der Waals surface area (Å²) >= 11 is 0. The van der Waals surface area contributed by atoms with Crippen LogP contribution in [0, 0.1) is 20.8 Å². The van der Waals surface area contributed by atoms with E-state index in [9.17, 15) is 0 Å². The summed E-state index contributed by atoms with van der Waals surface area (Å²) < 4.78 is 0. The molecule has 0 spiro atoms. The summed E-state index contributed by atoms with van der Waals surface area (Å²) in [6.07, 6.45) is 5.37. The highest BCUT2D eigenvalue weighted by Crippen LogP contribution is 2.41. The number of aryl methyl sites for hydroxylation is 4. The third-order valence-electron chi connectivity index (χ3n) is 11.5. The lowest BCUT2D eigenvalue weighted by Crippen LogP contribution is -2.12. The Labute approximate surface area is 361 Å². The van der Waals surface area contributed by atoms with Crippen molar-refractivity contribution in [2.24, 2.45) is 0 Å². The molecular formula is C60H53N. The van der Waals surface area contributed by atoms with Crippen molar-refractivity contribution >= 4 is 66.2 Å². The molecule has 0 heterocycles. The number of hydrogen-bond donors (Lipinski definition) is 0. The van der Waals surface area contributed by atoms with Gasteiger partial charge in [0.25, 0.3) is 0 Å². The first kappa shape index (κ1) is 40.6. The van der Waals surface area contributed by atoms with Crippen LogP contribution in [0.25, 0.3) is 60.3 Å². The monoisotopic (exact) mass is 787 g/mol. The Bertz CT molecular complexity index is 3080. The number of hydrogen-bond acceptors (Lipinski definition) is 1. The molecule has 10 aromatic rings. The van der Waals surface area contributed by atoms with E-state index in [1.54, 1.807) is 0 Å². The van der Waals surface area contributed by atoms with Crippen molar-refractivity contribution in [2.75, 3.05) is 4.90 Å². The Morgan fingerprint density at radius 3 is 1.64 bits per heavy atom. The van der Waals surface area contributed by atoms with Gasteiger partial charge in [-0.1, -0.05) is 200 Å². The van der Waals surface area contributed by atoms with Gasteiger partial charge in [-0.05, 0) is 136 Å². The average Bonchev–Trinajstić information content (AvgIpc) is 3.31. The lowest BCUT2D eigenvalue weighted by atomic mass is 9.91. The largest absolute Gasteiger partial charge is 0.310 e. The van der Waals surface area contributed by atoms with Crippen LogP contribution >= 0.6 is 0 Å². The van der Waals surface area contributed by atoms with Gasteiger partial charge < -0.3 is 4.90 Å². The third kappa shape index (κ3) is 8.88. The molecule has 10 aromatic carbocycles. The van der Waals surface area contributed by atoms with E-state index in [2.05, 4.69) is 240 Å². The van der Waals surface area contributed by atoms with Crippen molar-refractivity contribution in [3.63, 3.8) is 0 Å². The van der Waals surface area contributed by atoms with Crippen molar-refractivity contribution in [1.82, 2.24) is 0 Å².